The van der Waals surface area contributed by atoms with Crippen LogP contribution in [0, 0.1) is 0 Å². The van der Waals surface area contributed by atoms with Crippen LogP contribution in [-0.4, -0.2) is 19.6 Å². The Morgan fingerprint density at radius 1 is 1.23 bits per heavy atom. The van der Waals surface area contributed by atoms with E-state index in [0.29, 0.717) is 0 Å². The minimum Gasteiger partial charge on any atom is -0.315 e. The van der Waals surface area contributed by atoms with E-state index in [2.05, 4.69) is 23.5 Å². The fourth-order valence-corrected chi connectivity index (χ4v) is 1.67. The fourth-order valence-electron chi connectivity index (χ4n) is 1.67. The number of hydrogen-bond acceptors (Lipinski definition) is 3. The van der Waals surface area contributed by atoms with Crippen LogP contribution in [0.2, 0.25) is 0 Å². The molecule has 2 rings (SSSR count). The Balaban J connectivity index is 2.31. The highest BCUT2D eigenvalue weighted by Crippen LogP contribution is 2.18. The second-order valence-electron chi connectivity index (χ2n) is 3.32. The molecule has 0 aliphatic carbocycles. The lowest BCUT2D eigenvalue weighted by molar-refractivity contribution is 0.646. The summed E-state index contributed by atoms with van der Waals surface area (Å²) in [6.45, 7) is 2.88. The summed E-state index contributed by atoms with van der Waals surface area (Å²) in [7, 11) is 0. The molecule has 1 aliphatic heterocycles. The summed E-state index contributed by atoms with van der Waals surface area (Å²) >= 11 is 0. The lowest BCUT2D eigenvalue weighted by atomic mass is 10.1. The largest absolute Gasteiger partial charge is 0.315 e. The first kappa shape index (κ1) is 8.53. The Bertz CT molecular complexity index is 285. The van der Waals surface area contributed by atoms with E-state index >= 15 is 0 Å². The topological polar surface area (TPSA) is 41.3 Å². The van der Waals surface area contributed by atoms with Crippen LogP contribution in [0.4, 0.5) is 5.69 Å². The van der Waals surface area contributed by atoms with Crippen LogP contribution >= 0.6 is 0 Å². The van der Waals surface area contributed by atoms with Crippen molar-refractivity contribution in [1.29, 1.82) is 0 Å². The van der Waals surface area contributed by atoms with Gasteiger partial charge < -0.3 is 10.3 Å². The number of rotatable bonds is 0. The van der Waals surface area contributed by atoms with Crippen molar-refractivity contribution in [3.63, 3.8) is 0 Å². The van der Waals surface area contributed by atoms with Crippen LogP contribution in [0.1, 0.15) is 5.56 Å². The molecule has 13 heavy (non-hydrogen) atoms. The highest BCUT2D eigenvalue weighted by molar-refractivity contribution is 5.52. The van der Waals surface area contributed by atoms with Gasteiger partial charge in [0.1, 0.15) is 0 Å². The minimum atomic E-state index is 0.872. The third kappa shape index (κ3) is 1.82. The Morgan fingerprint density at radius 3 is 3.00 bits per heavy atom. The SMILES string of the molecule is NN1CCNCCc2ccccc21. The van der Waals surface area contributed by atoms with Crippen molar-refractivity contribution in [3.8, 4) is 0 Å². The van der Waals surface area contributed by atoms with E-state index in [1.165, 1.54) is 11.3 Å². The van der Waals surface area contributed by atoms with Crippen molar-refractivity contribution in [2.45, 2.75) is 6.42 Å². The van der Waals surface area contributed by atoms with Crippen molar-refractivity contribution in [2.24, 2.45) is 5.84 Å². The summed E-state index contributed by atoms with van der Waals surface area (Å²) in [5, 5.41) is 5.16. The summed E-state index contributed by atoms with van der Waals surface area (Å²) in [5.74, 6) is 5.91. The van der Waals surface area contributed by atoms with Crippen LogP contribution in [0.3, 0.4) is 0 Å². The molecule has 3 heteroatoms. The molecule has 3 nitrogen and oxygen atoms in total. The Morgan fingerprint density at radius 2 is 2.08 bits per heavy atom. The predicted octanol–water partition coefficient (Wildman–Crippen LogP) is 0.512. The maximum atomic E-state index is 5.91. The van der Waals surface area contributed by atoms with Gasteiger partial charge >= 0.3 is 0 Å². The van der Waals surface area contributed by atoms with Crippen LogP contribution in [-0.2, 0) is 6.42 Å². The summed E-state index contributed by atoms with van der Waals surface area (Å²) in [5.41, 5.74) is 2.50. The fraction of sp³-hybridized carbons (Fsp3) is 0.400. The van der Waals surface area contributed by atoms with Gasteiger partial charge in [0.2, 0.25) is 0 Å². The van der Waals surface area contributed by atoms with Gasteiger partial charge in [-0.25, -0.2) is 5.84 Å². The Labute approximate surface area is 78.5 Å². The van der Waals surface area contributed by atoms with E-state index in [-0.39, 0.29) is 0 Å². The average Bonchev–Trinajstić information content (AvgIpc) is 2.14. The lowest BCUT2D eigenvalue weighted by Crippen LogP contribution is -2.40. The predicted molar refractivity (Wildman–Crippen MR) is 54.5 cm³/mol. The first-order valence-electron chi connectivity index (χ1n) is 4.69. The number of hydrazine groups is 1. The number of nitrogens with two attached hydrogens (primary N) is 1. The van der Waals surface area contributed by atoms with Gasteiger partial charge in [-0.05, 0) is 24.6 Å². The molecule has 0 aromatic heterocycles. The van der Waals surface area contributed by atoms with Gasteiger partial charge in [0.25, 0.3) is 0 Å². The zero-order chi connectivity index (χ0) is 9.10. The Kier molecular flexibility index (Phi) is 2.47. The van der Waals surface area contributed by atoms with E-state index in [1.54, 1.807) is 0 Å². The van der Waals surface area contributed by atoms with E-state index in [1.807, 2.05) is 11.1 Å². The van der Waals surface area contributed by atoms with E-state index < -0.39 is 0 Å². The van der Waals surface area contributed by atoms with Gasteiger partial charge in [-0.3, -0.25) is 0 Å². The highest BCUT2D eigenvalue weighted by atomic mass is 15.4. The molecule has 0 fully saturated rings. The van der Waals surface area contributed by atoms with E-state index in [4.69, 9.17) is 5.84 Å². The molecule has 0 bridgehead atoms. The van der Waals surface area contributed by atoms with Gasteiger partial charge in [-0.2, -0.15) is 0 Å². The second-order valence-corrected chi connectivity index (χ2v) is 3.32. The third-order valence-electron chi connectivity index (χ3n) is 2.40. The molecule has 0 spiro atoms. The first-order chi connectivity index (χ1) is 6.38. The van der Waals surface area contributed by atoms with E-state index in [9.17, 15) is 0 Å². The van der Waals surface area contributed by atoms with Crippen LogP contribution in [0.15, 0.2) is 24.3 Å². The van der Waals surface area contributed by atoms with Crippen molar-refractivity contribution in [2.75, 3.05) is 24.6 Å². The Hall–Kier alpha value is -1.06. The number of hydrogen-bond donors (Lipinski definition) is 2. The van der Waals surface area contributed by atoms with Crippen LogP contribution in [0.25, 0.3) is 0 Å². The molecule has 70 valence electrons. The van der Waals surface area contributed by atoms with E-state index in [0.717, 1.165) is 26.1 Å². The van der Waals surface area contributed by atoms with Crippen molar-refractivity contribution >= 4 is 5.69 Å². The van der Waals surface area contributed by atoms with Crippen LogP contribution in [0.5, 0.6) is 0 Å². The average molecular weight is 177 g/mol. The van der Waals surface area contributed by atoms with Crippen LogP contribution < -0.4 is 16.2 Å². The molecule has 0 atom stereocenters. The molecular weight excluding hydrogens is 162 g/mol. The smallest absolute Gasteiger partial charge is 0.0550 e. The zero-order valence-corrected chi connectivity index (χ0v) is 7.66. The summed E-state index contributed by atoms with van der Waals surface area (Å²) in [6, 6.07) is 8.32. The zero-order valence-electron chi connectivity index (χ0n) is 7.66. The molecule has 0 unspecified atom stereocenters. The first-order valence-corrected chi connectivity index (χ1v) is 4.69. The maximum absolute atomic E-state index is 5.91. The molecule has 1 heterocycles. The normalized spacial score (nSPS) is 17.5. The molecule has 0 saturated carbocycles. The number of nitrogens with zero attached hydrogens (tertiary/aromatic N) is 1. The lowest BCUT2D eigenvalue weighted by Gasteiger charge is -2.24. The molecule has 1 aliphatic rings. The number of para-hydroxylation sites is 1. The molecule has 0 amide bonds. The highest BCUT2D eigenvalue weighted by Gasteiger charge is 2.09. The maximum Gasteiger partial charge on any atom is 0.0550 e. The number of benzene rings is 1. The van der Waals surface area contributed by atoms with Gasteiger partial charge in [0.15, 0.2) is 0 Å². The summed E-state index contributed by atoms with van der Waals surface area (Å²) < 4.78 is 0. The quantitative estimate of drug-likeness (QED) is 0.567. The van der Waals surface area contributed by atoms with Gasteiger partial charge in [0, 0.05) is 13.1 Å². The van der Waals surface area contributed by atoms with Crippen molar-refractivity contribution in [1.82, 2.24) is 5.32 Å². The monoisotopic (exact) mass is 177 g/mol. The third-order valence-corrected chi connectivity index (χ3v) is 2.40. The number of fused-ring (bicyclic) bond motifs is 1. The van der Waals surface area contributed by atoms with Gasteiger partial charge in [-0.15, -0.1) is 0 Å². The molecular formula is C10H15N3. The molecule has 1 aromatic rings. The van der Waals surface area contributed by atoms with Crippen molar-refractivity contribution in [3.05, 3.63) is 29.8 Å². The minimum absolute atomic E-state index is 0.872. The number of anilines is 1. The summed E-state index contributed by atoms with van der Waals surface area (Å²) in [4.78, 5) is 0. The molecule has 3 N–H and O–H groups in total. The molecule has 0 radical (unpaired) electrons. The van der Waals surface area contributed by atoms with Crippen molar-refractivity contribution < 1.29 is 0 Å². The van der Waals surface area contributed by atoms with Gasteiger partial charge in [-0.1, -0.05) is 18.2 Å². The molecule has 1 aromatic carbocycles. The number of nitrogens with one attached hydrogen (secondary N) is 1. The van der Waals surface area contributed by atoms with Gasteiger partial charge in [0.05, 0.1) is 5.69 Å². The second kappa shape index (κ2) is 3.77. The summed E-state index contributed by atoms with van der Waals surface area (Å²) in [6.07, 6.45) is 1.06. The standard InChI is InChI=1S/C10H15N3/c11-13-8-7-12-6-5-9-3-1-2-4-10(9)13/h1-4,12H,5-8,11H2. The molecule has 0 saturated heterocycles.